The Bertz CT molecular complexity index is 395. The standard InChI is InChI=1S/C14H23N3O/c1-3-6-18-14-8-11(15)7-13(9-14)16-12-4-5-17(2)10-12/h7-9,12,16H,3-6,10,15H2,1-2H3. The normalized spacial score (nSPS) is 20.0. The molecule has 1 aromatic rings. The zero-order chi connectivity index (χ0) is 13.0. The van der Waals surface area contributed by atoms with Crippen LogP contribution in [0.2, 0.25) is 0 Å². The number of nitrogen functional groups attached to an aromatic ring is 1. The maximum absolute atomic E-state index is 5.90. The van der Waals surface area contributed by atoms with Gasteiger partial charge in [-0.1, -0.05) is 6.92 Å². The summed E-state index contributed by atoms with van der Waals surface area (Å²) in [6, 6.07) is 6.39. The van der Waals surface area contributed by atoms with Gasteiger partial charge in [0.05, 0.1) is 6.61 Å². The Kier molecular flexibility index (Phi) is 4.31. The van der Waals surface area contributed by atoms with Crippen molar-refractivity contribution >= 4 is 11.4 Å². The molecule has 2 rings (SSSR count). The Labute approximate surface area is 109 Å². The minimum Gasteiger partial charge on any atom is -0.493 e. The highest BCUT2D eigenvalue weighted by atomic mass is 16.5. The molecule has 1 aromatic carbocycles. The Morgan fingerprint density at radius 2 is 2.28 bits per heavy atom. The van der Waals surface area contributed by atoms with Crippen molar-refractivity contribution in [2.45, 2.75) is 25.8 Å². The van der Waals surface area contributed by atoms with Crippen LogP contribution in [0.3, 0.4) is 0 Å². The second-order valence-corrected chi connectivity index (χ2v) is 5.03. The number of nitrogens with zero attached hydrogens (tertiary/aromatic N) is 1. The third-order valence-electron chi connectivity index (χ3n) is 3.16. The Balaban J connectivity index is 2.00. The van der Waals surface area contributed by atoms with E-state index in [1.807, 2.05) is 18.2 Å². The van der Waals surface area contributed by atoms with Crippen molar-refractivity contribution in [1.29, 1.82) is 0 Å². The van der Waals surface area contributed by atoms with Crippen LogP contribution in [0.4, 0.5) is 11.4 Å². The molecule has 4 heteroatoms. The number of hydrogen-bond acceptors (Lipinski definition) is 4. The highest BCUT2D eigenvalue weighted by Gasteiger charge is 2.19. The maximum Gasteiger partial charge on any atom is 0.123 e. The van der Waals surface area contributed by atoms with Crippen molar-refractivity contribution in [3.8, 4) is 5.75 Å². The lowest BCUT2D eigenvalue weighted by Crippen LogP contribution is -2.23. The molecule has 18 heavy (non-hydrogen) atoms. The monoisotopic (exact) mass is 249 g/mol. The van der Waals surface area contributed by atoms with Crippen molar-refractivity contribution in [2.75, 3.05) is 37.8 Å². The fraction of sp³-hybridized carbons (Fsp3) is 0.571. The van der Waals surface area contributed by atoms with Gasteiger partial charge in [0, 0.05) is 36.1 Å². The average Bonchev–Trinajstić information content (AvgIpc) is 2.71. The lowest BCUT2D eigenvalue weighted by molar-refractivity contribution is 0.318. The van der Waals surface area contributed by atoms with Gasteiger partial charge in [0.25, 0.3) is 0 Å². The van der Waals surface area contributed by atoms with Crippen LogP contribution in [0.25, 0.3) is 0 Å². The topological polar surface area (TPSA) is 50.5 Å². The molecule has 1 aliphatic rings. The number of benzene rings is 1. The predicted octanol–water partition coefficient (Wildman–Crippen LogP) is 2.17. The molecule has 0 saturated carbocycles. The van der Waals surface area contributed by atoms with Crippen LogP contribution in [0.1, 0.15) is 19.8 Å². The number of hydrogen-bond donors (Lipinski definition) is 2. The molecular weight excluding hydrogens is 226 g/mol. The number of rotatable bonds is 5. The van der Waals surface area contributed by atoms with E-state index in [1.54, 1.807) is 0 Å². The summed E-state index contributed by atoms with van der Waals surface area (Å²) in [7, 11) is 2.15. The van der Waals surface area contributed by atoms with Gasteiger partial charge in [0.1, 0.15) is 5.75 Å². The van der Waals surface area contributed by atoms with Crippen LogP contribution < -0.4 is 15.8 Å². The van der Waals surface area contributed by atoms with Crippen LogP contribution in [0, 0.1) is 0 Å². The average molecular weight is 249 g/mol. The predicted molar refractivity (Wildman–Crippen MR) is 76.2 cm³/mol. The molecule has 0 aromatic heterocycles. The zero-order valence-electron chi connectivity index (χ0n) is 11.3. The molecule has 0 spiro atoms. The summed E-state index contributed by atoms with van der Waals surface area (Å²) in [6.07, 6.45) is 2.18. The Morgan fingerprint density at radius 1 is 1.44 bits per heavy atom. The molecule has 4 nitrogen and oxygen atoms in total. The molecule has 1 fully saturated rings. The SMILES string of the molecule is CCCOc1cc(N)cc(NC2CCN(C)C2)c1. The van der Waals surface area contributed by atoms with E-state index in [9.17, 15) is 0 Å². The highest BCUT2D eigenvalue weighted by molar-refractivity contribution is 5.59. The first kappa shape index (κ1) is 13.0. The number of nitrogens with one attached hydrogen (secondary N) is 1. The van der Waals surface area contributed by atoms with Gasteiger partial charge in [0.15, 0.2) is 0 Å². The number of likely N-dealkylation sites (N-methyl/N-ethyl adjacent to an activating group) is 1. The van der Waals surface area contributed by atoms with Gasteiger partial charge in [-0.05, 0) is 32.5 Å². The molecule has 1 saturated heterocycles. The molecule has 0 amide bonds. The largest absolute Gasteiger partial charge is 0.493 e. The van der Waals surface area contributed by atoms with E-state index < -0.39 is 0 Å². The fourth-order valence-electron chi connectivity index (χ4n) is 2.30. The summed E-state index contributed by atoms with van der Waals surface area (Å²) in [5.74, 6) is 0.853. The van der Waals surface area contributed by atoms with Crippen molar-refractivity contribution in [3.05, 3.63) is 18.2 Å². The van der Waals surface area contributed by atoms with Gasteiger partial charge < -0.3 is 20.7 Å². The van der Waals surface area contributed by atoms with Crippen LogP contribution in [-0.2, 0) is 0 Å². The minimum atomic E-state index is 0.510. The summed E-state index contributed by atoms with van der Waals surface area (Å²) >= 11 is 0. The second kappa shape index (κ2) is 5.96. The number of ether oxygens (including phenoxy) is 1. The van der Waals surface area contributed by atoms with Gasteiger partial charge in [-0.3, -0.25) is 0 Å². The molecule has 1 aliphatic heterocycles. The molecule has 0 aliphatic carbocycles. The first-order valence-corrected chi connectivity index (χ1v) is 6.66. The summed E-state index contributed by atoms with van der Waals surface area (Å²) in [4.78, 5) is 2.33. The molecule has 0 radical (unpaired) electrons. The number of nitrogens with two attached hydrogens (primary N) is 1. The molecule has 1 heterocycles. The Hall–Kier alpha value is -1.42. The molecular formula is C14H23N3O. The smallest absolute Gasteiger partial charge is 0.123 e. The summed E-state index contributed by atoms with van der Waals surface area (Å²) in [5.41, 5.74) is 7.71. The summed E-state index contributed by atoms with van der Waals surface area (Å²) in [6.45, 7) is 5.06. The molecule has 0 bridgehead atoms. The van der Waals surface area contributed by atoms with Crippen LogP contribution in [0.15, 0.2) is 18.2 Å². The van der Waals surface area contributed by atoms with Gasteiger partial charge in [0.2, 0.25) is 0 Å². The number of anilines is 2. The molecule has 3 N–H and O–H groups in total. The third-order valence-corrected chi connectivity index (χ3v) is 3.16. The van der Waals surface area contributed by atoms with E-state index >= 15 is 0 Å². The molecule has 1 atom stereocenters. The maximum atomic E-state index is 5.90. The van der Waals surface area contributed by atoms with E-state index in [0.717, 1.165) is 43.2 Å². The quantitative estimate of drug-likeness (QED) is 0.785. The number of likely N-dealkylation sites (tertiary alicyclic amines) is 1. The van der Waals surface area contributed by atoms with Crippen molar-refractivity contribution in [3.63, 3.8) is 0 Å². The van der Waals surface area contributed by atoms with Gasteiger partial charge in [-0.15, -0.1) is 0 Å². The van der Waals surface area contributed by atoms with Crippen molar-refractivity contribution < 1.29 is 4.74 Å². The van der Waals surface area contributed by atoms with Crippen molar-refractivity contribution in [2.24, 2.45) is 0 Å². The Morgan fingerprint density at radius 3 is 2.94 bits per heavy atom. The lowest BCUT2D eigenvalue weighted by Gasteiger charge is -2.16. The minimum absolute atomic E-state index is 0.510. The summed E-state index contributed by atoms with van der Waals surface area (Å²) < 4.78 is 5.63. The molecule has 100 valence electrons. The van der Waals surface area contributed by atoms with Crippen LogP contribution in [-0.4, -0.2) is 37.7 Å². The second-order valence-electron chi connectivity index (χ2n) is 5.03. The summed E-state index contributed by atoms with van der Waals surface area (Å²) in [5, 5.41) is 3.53. The first-order chi connectivity index (χ1) is 8.67. The van der Waals surface area contributed by atoms with E-state index in [-0.39, 0.29) is 0 Å². The molecule has 1 unspecified atom stereocenters. The third kappa shape index (κ3) is 3.53. The van der Waals surface area contributed by atoms with Gasteiger partial charge >= 0.3 is 0 Å². The van der Waals surface area contributed by atoms with E-state index in [1.165, 1.54) is 6.42 Å². The highest BCUT2D eigenvalue weighted by Crippen LogP contribution is 2.24. The zero-order valence-corrected chi connectivity index (χ0v) is 11.3. The van der Waals surface area contributed by atoms with E-state index in [2.05, 4.69) is 24.2 Å². The van der Waals surface area contributed by atoms with E-state index in [4.69, 9.17) is 10.5 Å². The fourth-order valence-corrected chi connectivity index (χ4v) is 2.30. The first-order valence-electron chi connectivity index (χ1n) is 6.66. The van der Waals surface area contributed by atoms with Crippen LogP contribution >= 0.6 is 0 Å². The van der Waals surface area contributed by atoms with Gasteiger partial charge in [-0.2, -0.15) is 0 Å². The van der Waals surface area contributed by atoms with Gasteiger partial charge in [-0.25, -0.2) is 0 Å². The van der Waals surface area contributed by atoms with Crippen molar-refractivity contribution in [1.82, 2.24) is 4.90 Å². The van der Waals surface area contributed by atoms with Crippen LogP contribution in [0.5, 0.6) is 5.75 Å². The van der Waals surface area contributed by atoms with E-state index in [0.29, 0.717) is 6.04 Å². The lowest BCUT2D eigenvalue weighted by atomic mass is 10.2.